The van der Waals surface area contributed by atoms with E-state index in [9.17, 15) is 18.0 Å². The van der Waals surface area contributed by atoms with Gasteiger partial charge in [0.25, 0.3) is 0 Å². The summed E-state index contributed by atoms with van der Waals surface area (Å²) in [7, 11) is -1.02. The molecule has 214 valence electrons. The number of methoxy groups -OCH3 is 2. The van der Waals surface area contributed by atoms with Gasteiger partial charge in [-0.2, -0.15) is 0 Å². The molecule has 10 heteroatoms. The Kier molecular flexibility index (Phi) is 11.0. The Hall–Kier alpha value is -4.05. The van der Waals surface area contributed by atoms with Gasteiger partial charge >= 0.3 is 0 Å². The zero-order chi connectivity index (χ0) is 29.1. The molecular weight excluding hydrogens is 530 g/mol. The van der Waals surface area contributed by atoms with Crippen LogP contribution in [0.2, 0.25) is 0 Å². The molecule has 1 atom stereocenters. The molecule has 40 heavy (non-hydrogen) atoms. The molecule has 0 aliphatic rings. The summed E-state index contributed by atoms with van der Waals surface area (Å²) in [6.45, 7) is 2.00. The Morgan fingerprint density at radius 1 is 0.900 bits per heavy atom. The van der Waals surface area contributed by atoms with Crippen molar-refractivity contribution < 1.29 is 27.5 Å². The van der Waals surface area contributed by atoms with Crippen LogP contribution in [0.4, 0.5) is 5.69 Å². The summed E-state index contributed by atoms with van der Waals surface area (Å²) in [4.78, 5) is 29.0. The molecule has 0 heterocycles. The largest absolute Gasteiger partial charge is 0.497 e. The third kappa shape index (κ3) is 8.22. The maximum absolute atomic E-state index is 14.1. The molecular formula is C30H37N3O6S. The molecule has 0 radical (unpaired) electrons. The molecule has 0 aromatic heterocycles. The predicted octanol–water partition coefficient (Wildman–Crippen LogP) is 3.64. The van der Waals surface area contributed by atoms with Gasteiger partial charge in [-0.15, -0.1) is 0 Å². The minimum atomic E-state index is -3.93. The lowest BCUT2D eigenvalue weighted by molar-refractivity contribution is -0.140. The van der Waals surface area contributed by atoms with Gasteiger partial charge in [-0.25, -0.2) is 8.42 Å². The van der Waals surface area contributed by atoms with Crippen molar-refractivity contribution in [3.63, 3.8) is 0 Å². The number of hydrogen-bond acceptors (Lipinski definition) is 6. The summed E-state index contributed by atoms with van der Waals surface area (Å²) in [6, 6.07) is 22.5. The van der Waals surface area contributed by atoms with Crippen LogP contribution >= 0.6 is 0 Å². The maximum Gasteiger partial charge on any atom is 0.244 e. The van der Waals surface area contributed by atoms with Crippen molar-refractivity contribution in [3.05, 3.63) is 90.0 Å². The number of hydrogen-bond donors (Lipinski definition) is 1. The van der Waals surface area contributed by atoms with Crippen LogP contribution in [0.25, 0.3) is 0 Å². The molecule has 0 aliphatic carbocycles. The van der Waals surface area contributed by atoms with E-state index < -0.39 is 28.5 Å². The monoisotopic (exact) mass is 567 g/mol. The summed E-state index contributed by atoms with van der Waals surface area (Å²) >= 11 is 0. The first kappa shape index (κ1) is 30.5. The Bertz CT molecular complexity index is 1370. The van der Waals surface area contributed by atoms with Gasteiger partial charge in [-0.05, 0) is 29.7 Å². The highest BCUT2D eigenvalue weighted by atomic mass is 32.2. The number of amides is 2. The maximum atomic E-state index is 14.1. The quantitative estimate of drug-likeness (QED) is 0.319. The minimum absolute atomic E-state index is 0.119. The van der Waals surface area contributed by atoms with E-state index in [2.05, 4.69) is 5.32 Å². The van der Waals surface area contributed by atoms with Crippen LogP contribution in [-0.4, -0.2) is 64.7 Å². The van der Waals surface area contributed by atoms with E-state index in [1.54, 1.807) is 12.1 Å². The summed E-state index contributed by atoms with van der Waals surface area (Å²) in [5, 5.41) is 2.92. The Morgan fingerprint density at radius 3 is 2.08 bits per heavy atom. The van der Waals surface area contributed by atoms with E-state index in [-0.39, 0.29) is 30.3 Å². The lowest BCUT2D eigenvalue weighted by Crippen LogP contribution is -2.53. The topological polar surface area (TPSA) is 105 Å². The van der Waals surface area contributed by atoms with E-state index in [1.165, 1.54) is 25.2 Å². The summed E-state index contributed by atoms with van der Waals surface area (Å²) < 4.78 is 37.7. The number of nitrogens with zero attached hydrogens (tertiary/aromatic N) is 2. The van der Waals surface area contributed by atoms with Gasteiger partial charge in [0.05, 0.1) is 26.2 Å². The fourth-order valence-electron chi connectivity index (χ4n) is 4.29. The second-order valence-corrected chi connectivity index (χ2v) is 11.2. The van der Waals surface area contributed by atoms with Gasteiger partial charge < -0.3 is 19.7 Å². The highest BCUT2D eigenvalue weighted by molar-refractivity contribution is 7.92. The zero-order valence-corrected chi connectivity index (χ0v) is 24.2. The molecule has 3 rings (SSSR count). The molecule has 2 amide bonds. The highest BCUT2D eigenvalue weighted by Gasteiger charge is 2.33. The SMILES string of the molecule is CCCNC(=O)C(Cc1ccccc1)N(Cc1ccccc1)C(=O)CN(c1ccc(OC)cc1OC)S(C)(=O)=O. The smallest absolute Gasteiger partial charge is 0.244 e. The summed E-state index contributed by atoms with van der Waals surface area (Å²) in [5.41, 5.74) is 1.88. The number of carbonyl (C=O) groups excluding carboxylic acids is 2. The van der Waals surface area contributed by atoms with Crippen molar-refractivity contribution >= 4 is 27.5 Å². The van der Waals surface area contributed by atoms with Crippen LogP contribution in [0.15, 0.2) is 78.9 Å². The number of nitrogens with one attached hydrogen (secondary N) is 1. The lowest BCUT2D eigenvalue weighted by atomic mass is 10.0. The van der Waals surface area contributed by atoms with Crippen LogP contribution in [0.3, 0.4) is 0 Å². The Balaban J connectivity index is 2.06. The number of sulfonamides is 1. The van der Waals surface area contributed by atoms with Gasteiger partial charge in [0.1, 0.15) is 24.1 Å². The molecule has 3 aromatic rings. The van der Waals surface area contributed by atoms with Gasteiger partial charge in [-0.1, -0.05) is 67.6 Å². The van der Waals surface area contributed by atoms with E-state index >= 15 is 0 Å². The Morgan fingerprint density at radius 2 is 1.52 bits per heavy atom. The average molecular weight is 568 g/mol. The predicted molar refractivity (Wildman–Crippen MR) is 156 cm³/mol. The molecule has 1 N–H and O–H groups in total. The average Bonchev–Trinajstić information content (AvgIpc) is 2.96. The van der Waals surface area contributed by atoms with Gasteiger partial charge in [0, 0.05) is 25.6 Å². The lowest BCUT2D eigenvalue weighted by Gasteiger charge is -2.33. The first-order chi connectivity index (χ1) is 19.2. The first-order valence-electron chi connectivity index (χ1n) is 13.0. The van der Waals surface area contributed by atoms with E-state index in [4.69, 9.17) is 9.47 Å². The minimum Gasteiger partial charge on any atom is -0.497 e. The van der Waals surface area contributed by atoms with Gasteiger partial charge in [-0.3, -0.25) is 13.9 Å². The number of ether oxygens (including phenoxy) is 2. The molecule has 0 bridgehead atoms. The number of benzene rings is 3. The molecule has 0 saturated carbocycles. The first-order valence-corrected chi connectivity index (χ1v) is 14.9. The standard InChI is InChI=1S/C30H37N3O6S/c1-5-18-31-30(35)27(19-23-12-8-6-9-13-23)32(21-24-14-10-7-11-15-24)29(34)22-33(40(4,36)37)26-17-16-25(38-2)20-28(26)39-3/h6-17,20,27H,5,18-19,21-22H2,1-4H3,(H,31,35). The van der Waals surface area contributed by atoms with Crippen molar-refractivity contribution in [1.29, 1.82) is 0 Å². The molecule has 0 saturated heterocycles. The van der Waals surface area contributed by atoms with E-state index in [0.717, 1.165) is 28.1 Å². The number of anilines is 1. The fourth-order valence-corrected chi connectivity index (χ4v) is 5.14. The number of rotatable bonds is 14. The normalized spacial score (nSPS) is 11.8. The zero-order valence-electron chi connectivity index (χ0n) is 23.4. The van der Waals surface area contributed by atoms with Crippen molar-refractivity contribution in [2.24, 2.45) is 0 Å². The second-order valence-electron chi connectivity index (χ2n) is 9.31. The number of carbonyl (C=O) groups is 2. The van der Waals surface area contributed by atoms with Crippen LogP contribution < -0.4 is 19.1 Å². The highest BCUT2D eigenvalue weighted by Crippen LogP contribution is 2.33. The van der Waals surface area contributed by atoms with Crippen LogP contribution in [0.5, 0.6) is 11.5 Å². The van der Waals surface area contributed by atoms with Crippen molar-refractivity contribution in [1.82, 2.24) is 10.2 Å². The molecule has 9 nitrogen and oxygen atoms in total. The Labute approximate surface area is 236 Å². The van der Waals surface area contributed by atoms with Crippen molar-refractivity contribution in [2.45, 2.75) is 32.4 Å². The summed E-state index contributed by atoms with van der Waals surface area (Å²) in [5.74, 6) is -0.127. The van der Waals surface area contributed by atoms with Gasteiger partial charge in [0.2, 0.25) is 21.8 Å². The van der Waals surface area contributed by atoms with Crippen LogP contribution in [-0.2, 0) is 32.6 Å². The third-order valence-electron chi connectivity index (χ3n) is 6.35. The summed E-state index contributed by atoms with van der Waals surface area (Å²) in [6.07, 6.45) is 2.02. The fraction of sp³-hybridized carbons (Fsp3) is 0.333. The van der Waals surface area contributed by atoms with E-state index in [0.29, 0.717) is 12.3 Å². The van der Waals surface area contributed by atoms with Crippen molar-refractivity contribution in [3.8, 4) is 11.5 Å². The molecule has 1 unspecified atom stereocenters. The van der Waals surface area contributed by atoms with Crippen LogP contribution in [0.1, 0.15) is 24.5 Å². The molecule has 0 spiro atoms. The van der Waals surface area contributed by atoms with Crippen molar-refractivity contribution in [2.75, 3.05) is 37.9 Å². The second kappa shape index (κ2) is 14.4. The van der Waals surface area contributed by atoms with Crippen LogP contribution in [0, 0.1) is 0 Å². The van der Waals surface area contributed by atoms with E-state index in [1.807, 2.05) is 67.6 Å². The molecule has 3 aromatic carbocycles. The molecule has 0 aliphatic heterocycles. The third-order valence-corrected chi connectivity index (χ3v) is 7.48. The van der Waals surface area contributed by atoms with Gasteiger partial charge in [0.15, 0.2) is 0 Å². The molecule has 0 fully saturated rings.